The molecule has 0 atom stereocenters. The summed E-state index contributed by atoms with van der Waals surface area (Å²) in [6.07, 6.45) is 3.32. The van der Waals surface area contributed by atoms with E-state index in [4.69, 9.17) is 0 Å². The molecule has 0 aliphatic rings. The zero-order valence-electron chi connectivity index (χ0n) is 14.5. The minimum absolute atomic E-state index is 0. The Morgan fingerprint density at radius 2 is 1.16 bits per heavy atom. The van der Waals surface area contributed by atoms with E-state index in [0.717, 1.165) is 11.1 Å². The Hall–Kier alpha value is 0.156. The molecule has 0 saturated heterocycles. The zero-order chi connectivity index (χ0) is 17.7. The third kappa shape index (κ3) is 5.82. The van der Waals surface area contributed by atoms with Crippen molar-refractivity contribution in [1.82, 2.24) is 9.97 Å². The number of aliphatic hydroxyl groups excluding tert-OH is 2. The molecule has 0 aliphatic heterocycles. The molecule has 0 unspecified atom stereocenters. The summed E-state index contributed by atoms with van der Waals surface area (Å²) in [5, 5.41) is 38.7. The molecule has 0 radical (unpaired) electrons. The number of aromatic nitrogens is 2. The maximum atomic E-state index is 9.94. The minimum Gasteiger partial charge on any atom is -0.506 e. The fourth-order valence-electron chi connectivity index (χ4n) is 2.18. The van der Waals surface area contributed by atoms with Crippen LogP contribution in [0.25, 0.3) is 0 Å². The van der Waals surface area contributed by atoms with E-state index in [9.17, 15) is 20.4 Å². The fraction of sp³-hybridized carbons (Fsp3) is 0.375. The molecule has 6 nitrogen and oxygen atoms in total. The van der Waals surface area contributed by atoms with E-state index in [1.165, 1.54) is 21.6 Å². The van der Waals surface area contributed by atoms with Crippen molar-refractivity contribution in [2.45, 2.75) is 38.6 Å². The van der Waals surface area contributed by atoms with Gasteiger partial charge in [0.25, 0.3) is 0 Å². The van der Waals surface area contributed by atoms with Gasteiger partial charge in [-0.1, -0.05) is 21.6 Å². The van der Waals surface area contributed by atoms with Crippen LogP contribution in [0.3, 0.4) is 0 Å². The van der Waals surface area contributed by atoms with E-state index in [-0.39, 0.29) is 76.1 Å². The Kier molecular flexibility index (Phi) is 10.3. The number of nitrogens with zero attached hydrogens (tertiary/aromatic N) is 2. The van der Waals surface area contributed by atoms with Crippen molar-refractivity contribution in [3.63, 3.8) is 0 Å². The van der Waals surface area contributed by atoms with Crippen molar-refractivity contribution in [3.05, 3.63) is 46.0 Å². The molecular formula is C16H20KN2O4S2+. The quantitative estimate of drug-likeness (QED) is 0.278. The average Bonchev–Trinajstić information content (AvgIpc) is 2.58. The largest absolute Gasteiger partial charge is 1.00 e. The topological polar surface area (TPSA) is 107 Å². The van der Waals surface area contributed by atoms with Gasteiger partial charge in [-0.15, -0.1) is 0 Å². The minimum atomic E-state index is -0.236. The van der Waals surface area contributed by atoms with E-state index in [0.29, 0.717) is 34.0 Å². The first kappa shape index (κ1) is 23.2. The third-order valence-electron chi connectivity index (χ3n) is 3.69. The number of aryl methyl sites for hydroxylation is 2. The van der Waals surface area contributed by atoms with Gasteiger partial charge in [-0.05, 0) is 25.0 Å². The smallest absolute Gasteiger partial charge is 0.506 e. The second-order valence-electron chi connectivity index (χ2n) is 5.23. The van der Waals surface area contributed by atoms with Gasteiger partial charge in [0.1, 0.15) is 11.5 Å². The number of aliphatic hydroxyl groups is 2. The van der Waals surface area contributed by atoms with E-state index < -0.39 is 0 Å². The Balaban J connectivity index is 0.00000312. The molecule has 25 heavy (non-hydrogen) atoms. The molecule has 4 N–H and O–H groups in total. The van der Waals surface area contributed by atoms with Gasteiger partial charge in [0.05, 0.1) is 24.6 Å². The molecule has 0 amide bonds. The van der Waals surface area contributed by atoms with Crippen LogP contribution in [0, 0.1) is 13.8 Å². The first-order chi connectivity index (χ1) is 11.5. The van der Waals surface area contributed by atoms with Crippen molar-refractivity contribution < 1.29 is 71.8 Å². The molecule has 0 bridgehead atoms. The van der Waals surface area contributed by atoms with Gasteiger partial charge in [0.15, 0.2) is 0 Å². The second-order valence-corrected chi connectivity index (χ2v) is 7.70. The Bertz CT molecular complexity index is 670. The van der Waals surface area contributed by atoms with Gasteiger partial charge in [-0.25, -0.2) is 0 Å². The number of hydrogen-bond donors (Lipinski definition) is 4. The van der Waals surface area contributed by atoms with Crippen LogP contribution < -0.4 is 51.4 Å². The maximum absolute atomic E-state index is 9.94. The number of rotatable bonds is 7. The van der Waals surface area contributed by atoms with Crippen LogP contribution >= 0.6 is 21.6 Å². The monoisotopic (exact) mass is 407 g/mol. The average molecular weight is 408 g/mol. The van der Waals surface area contributed by atoms with Gasteiger partial charge in [0.2, 0.25) is 0 Å². The molecule has 0 saturated carbocycles. The normalized spacial score (nSPS) is 10.6. The van der Waals surface area contributed by atoms with Gasteiger partial charge >= 0.3 is 51.4 Å². The Morgan fingerprint density at radius 1 is 0.800 bits per heavy atom. The van der Waals surface area contributed by atoms with Gasteiger partial charge < -0.3 is 20.4 Å². The number of hydrogen-bond acceptors (Lipinski definition) is 8. The molecule has 0 aliphatic carbocycles. The predicted molar refractivity (Wildman–Crippen MR) is 95.7 cm³/mol. The number of pyridine rings is 2. The molecule has 0 fully saturated rings. The van der Waals surface area contributed by atoms with Crippen LogP contribution in [0.4, 0.5) is 0 Å². The van der Waals surface area contributed by atoms with Crippen molar-refractivity contribution in [2.24, 2.45) is 0 Å². The van der Waals surface area contributed by atoms with Crippen molar-refractivity contribution in [1.29, 1.82) is 0 Å². The molecule has 130 valence electrons. The van der Waals surface area contributed by atoms with Crippen LogP contribution in [0.2, 0.25) is 0 Å². The summed E-state index contributed by atoms with van der Waals surface area (Å²) >= 11 is 0. The number of aromatic hydroxyl groups is 2. The SMILES string of the molecule is Cc1ncc(CSSCc2cnc(C)c(O)c2CO)c(CO)c1O.[K+]. The van der Waals surface area contributed by atoms with Crippen molar-refractivity contribution in [3.8, 4) is 11.5 Å². The van der Waals surface area contributed by atoms with Crippen LogP contribution in [0.15, 0.2) is 12.4 Å². The van der Waals surface area contributed by atoms with Crippen LogP contribution in [-0.4, -0.2) is 30.4 Å². The summed E-state index contributed by atoms with van der Waals surface area (Å²) in [4.78, 5) is 8.23. The van der Waals surface area contributed by atoms with E-state index >= 15 is 0 Å². The summed E-state index contributed by atoms with van der Waals surface area (Å²) in [6, 6.07) is 0. The van der Waals surface area contributed by atoms with Gasteiger partial charge in [-0.3, -0.25) is 9.97 Å². The maximum Gasteiger partial charge on any atom is 1.00 e. The fourth-order valence-corrected chi connectivity index (χ4v) is 4.36. The summed E-state index contributed by atoms with van der Waals surface area (Å²) in [5.74, 6) is 1.22. The second kappa shape index (κ2) is 11.1. The van der Waals surface area contributed by atoms with Crippen LogP contribution in [-0.2, 0) is 24.7 Å². The van der Waals surface area contributed by atoms with Crippen LogP contribution in [0.1, 0.15) is 33.6 Å². The van der Waals surface area contributed by atoms with Crippen molar-refractivity contribution >= 4 is 21.6 Å². The summed E-state index contributed by atoms with van der Waals surface area (Å²) < 4.78 is 0. The third-order valence-corrected chi connectivity index (χ3v) is 5.92. The molecule has 9 heteroatoms. The van der Waals surface area contributed by atoms with Crippen LogP contribution in [0.5, 0.6) is 11.5 Å². The summed E-state index contributed by atoms with van der Waals surface area (Å²) in [7, 11) is 3.08. The van der Waals surface area contributed by atoms with Gasteiger partial charge in [-0.2, -0.15) is 0 Å². The summed E-state index contributed by atoms with van der Waals surface area (Å²) in [5.41, 5.74) is 3.56. The molecule has 0 spiro atoms. The van der Waals surface area contributed by atoms with Gasteiger partial charge in [0, 0.05) is 35.0 Å². The molecule has 2 aromatic rings. The molecule has 2 aromatic heterocycles. The molecule has 0 aromatic carbocycles. The molecule has 2 rings (SSSR count). The molecule has 2 heterocycles. The van der Waals surface area contributed by atoms with Crippen molar-refractivity contribution in [2.75, 3.05) is 0 Å². The zero-order valence-corrected chi connectivity index (χ0v) is 19.2. The standard InChI is InChI=1S/C16H20N2O4S2.K/c1-9-15(21)13(5-19)11(3-17-9)7-23-24-8-12-4-18-10(2)16(22)14(12)6-20;/h3-4,19-22H,5-8H2,1-2H3;/q;+1. The van der Waals surface area contributed by atoms with E-state index in [2.05, 4.69) is 9.97 Å². The first-order valence-corrected chi connectivity index (χ1v) is 9.77. The Labute approximate surface area is 197 Å². The molecular weight excluding hydrogens is 387 g/mol. The summed E-state index contributed by atoms with van der Waals surface area (Å²) in [6.45, 7) is 2.90. The Morgan fingerprint density at radius 3 is 1.48 bits per heavy atom. The van der Waals surface area contributed by atoms with E-state index in [1.807, 2.05) is 0 Å². The van der Waals surface area contributed by atoms with E-state index in [1.54, 1.807) is 26.2 Å². The predicted octanol–water partition coefficient (Wildman–Crippen LogP) is -0.425. The first-order valence-electron chi connectivity index (χ1n) is 7.28.